The number of tetrazole rings is 1. The maximum atomic E-state index is 6.09. The molecule has 0 amide bonds. The van der Waals surface area contributed by atoms with Crippen molar-refractivity contribution in [1.29, 1.82) is 0 Å². The zero-order valence-corrected chi connectivity index (χ0v) is 16.8. The number of hydrogen-bond donors (Lipinski definition) is 1. The summed E-state index contributed by atoms with van der Waals surface area (Å²) in [5.74, 6) is 2.44. The minimum Gasteiger partial charge on any atom is -0.342 e. The van der Waals surface area contributed by atoms with Crippen LogP contribution in [-0.2, 0) is 13.1 Å². The van der Waals surface area contributed by atoms with E-state index in [1.165, 1.54) is 4.88 Å². The third-order valence-electron chi connectivity index (χ3n) is 5.29. The SMILES string of the molecule is Clc1ccc2nc(C3CCN(Cc4nnnn4Cc4cccs4)CC3)[nH]c2c1. The van der Waals surface area contributed by atoms with Crippen molar-refractivity contribution in [3.8, 4) is 0 Å². The van der Waals surface area contributed by atoms with Crippen LogP contribution in [0.4, 0.5) is 0 Å². The Morgan fingerprint density at radius 1 is 1.18 bits per heavy atom. The normalized spacial score (nSPS) is 16.2. The molecule has 0 saturated carbocycles. The van der Waals surface area contributed by atoms with E-state index in [2.05, 4.69) is 42.9 Å². The standard InChI is InChI=1S/C19H20ClN7S/c20-14-3-4-16-17(10-14)22-19(21-16)13-5-7-26(8-6-13)12-18-23-24-25-27(18)11-15-2-1-9-28-15/h1-4,9-10,13H,5-8,11-12H2,(H,21,22). The fourth-order valence-electron chi connectivity index (χ4n) is 3.77. The summed E-state index contributed by atoms with van der Waals surface area (Å²) in [5.41, 5.74) is 1.99. The summed E-state index contributed by atoms with van der Waals surface area (Å²) in [5, 5.41) is 15.1. The van der Waals surface area contributed by atoms with Crippen molar-refractivity contribution in [1.82, 2.24) is 35.1 Å². The van der Waals surface area contributed by atoms with Gasteiger partial charge in [0.05, 0.1) is 24.1 Å². The van der Waals surface area contributed by atoms with Gasteiger partial charge in [-0.2, -0.15) is 0 Å². The number of nitrogens with one attached hydrogen (secondary N) is 1. The van der Waals surface area contributed by atoms with Crippen LogP contribution in [-0.4, -0.2) is 48.2 Å². The summed E-state index contributed by atoms with van der Waals surface area (Å²) in [6.07, 6.45) is 2.14. The van der Waals surface area contributed by atoms with Crippen molar-refractivity contribution in [2.75, 3.05) is 13.1 Å². The Balaban J connectivity index is 1.22. The minimum atomic E-state index is 0.449. The van der Waals surface area contributed by atoms with Crippen LogP contribution in [0.1, 0.15) is 35.3 Å². The van der Waals surface area contributed by atoms with E-state index in [1.807, 2.05) is 22.9 Å². The summed E-state index contributed by atoms with van der Waals surface area (Å²) in [6, 6.07) is 9.97. The Morgan fingerprint density at radius 2 is 2.07 bits per heavy atom. The molecule has 0 spiro atoms. The lowest BCUT2D eigenvalue weighted by Crippen LogP contribution is -2.33. The first-order valence-electron chi connectivity index (χ1n) is 9.39. The van der Waals surface area contributed by atoms with Crippen LogP contribution >= 0.6 is 22.9 Å². The topological polar surface area (TPSA) is 75.5 Å². The van der Waals surface area contributed by atoms with Gasteiger partial charge in [-0.1, -0.05) is 17.7 Å². The number of likely N-dealkylation sites (tertiary alicyclic amines) is 1. The number of halogens is 1. The minimum absolute atomic E-state index is 0.449. The van der Waals surface area contributed by atoms with E-state index in [0.29, 0.717) is 5.92 Å². The third-order valence-corrected chi connectivity index (χ3v) is 6.39. The molecule has 5 rings (SSSR count). The first kappa shape index (κ1) is 17.8. The van der Waals surface area contributed by atoms with Crippen molar-refractivity contribution in [2.24, 2.45) is 0 Å². The Labute approximate surface area is 171 Å². The highest BCUT2D eigenvalue weighted by molar-refractivity contribution is 7.09. The number of fused-ring (bicyclic) bond motifs is 1. The van der Waals surface area contributed by atoms with Gasteiger partial charge in [0.15, 0.2) is 5.82 Å². The molecule has 7 nitrogen and oxygen atoms in total. The van der Waals surface area contributed by atoms with Crippen LogP contribution in [0.2, 0.25) is 5.02 Å². The van der Waals surface area contributed by atoms with E-state index in [4.69, 9.17) is 16.6 Å². The Hall–Kier alpha value is -2.29. The molecule has 1 aromatic carbocycles. The average molecular weight is 414 g/mol. The molecule has 4 aromatic rings. The molecule has 1 saturated heterocycles. The maximum absolute atomic E-state index is 6.09. The number of thiophene rings is 1. The lowest BCUT2D eigenvalue weighted by atomic mass is 9.96. The van der Waals surface area contributed by atoms with Crippen molar-refractivity contribution in [2.45, 2.75) is 31.8 Å². The molecular formula is C19H20ClN7S. The Kier molecular flexibility index (Phi) is 4.84. The second-order valence-electron chi connectivity index (χ2n) is 7.17. The molecule has 4 heterocycles. The fourth-order valence-corrected chi connectivity index (χ4v) is 4.63. The van der Waals surface area contributed by atoms with E-state index < -0.39 is 0 Å². The van der Waals surface area contributed by atoms with E-state index >= 15 is 0 Å². The van der Waals surface area contributed by atoms with Gasteiger partial charge in [0.1, 0.15) is 5.82 Å². The molecule has 0 radical (unpaired) electrons. The smallest absolute Gasteiger partial charge is 0.165 e. The van der Waals surface area contributed by atoms with Crippen LogP contribution in [0.3, 0.4) is 0 Å². The number of piperidine rings is 1. The van der Waals surface area contributed by atoms with E-state index in [1.54, 1.807) is 11.3 Å². The third kappa shape index (κ3) is 3.67. The van der Waals surface area contributed by atoms with Gasteiger partial charge in [0.2, 0.25) is 0 Å². The van der Waals surface area contributed by atoms with Gasteiger partial charge in [0.25, 0.3) is 0 Å². The predicted octanol–water partition coefficient (Wildman–Crippen LogP) is 3.69. The zero-order chi connectivity index (χ0) is 18.9. The van der Waals surface area contributed by atoms with E-state index in [-0.39, 0.29) is 0 Å². The van der Waals surface area contributed by atoms with E-state index in [9.17, 15) is 0 Å². The number of benzene rings is 1. The van der Waals surface area contributed by atoms with Crippen LogP contribution in [0.15, 0.2) is 35.7 Å². The van der Waals surface area contributed by atoms with Gasteiger partial charge in [-0.05, 0) is 66.0 Å². The lowest BCUT2D eigenvalue weighted by Gasteiger charge is -2.30. The number of H-pyrrole nitrogens is 1. The molecule has 0 unspecified atom stereocenters. The first-order valence-corrected chi connectivity index (χ1v) is 10.7. The monoisotopic (exact) mass is 413 g/mol. The summed E-state index contributed by atoms with van der Waals surface area (Å²) >= 11 is 7.81. The van der Waals surface area contributed by atoms with Crippen molar-refractivity contribution >= 4 is 34.0 Å². The van der Waals surface area contributed by atoms with Crippen LogP contribution < -0.4 is 0 Å². The highest BCUT2D eigenvalue weighted by atomic mass is 35.5. The average Bonchev–Trinajstić information content (AvgIpc) is 3.44. The second kappa shape index (κ2) is 7.62. The molecular weight excluding hydrogens is 394 g/mol. The van der Waals surface area contributed by atoms with Gasteiger partial charge < -0.3 is 4.98 Å². The number of nitrogens with zero attached hydrogens (tertiary/aromatic N) is 6. The maximum Gasteiger partial charge on any atom is 0.165 e. The molecule has 144 valence electrons. The van der Waals surface area contributed by atoms with Gasteiger partial charge in [0, 0.05) is 15.8 Å². The molecule has 1 N–H and O–H groups in total. The molecule has 0 aliphatic carbocycles. The van der Waals surface area contributed by atoms with Crippen LogP contribution in [0, 0.1) is 0 Å². The molecule has 9 heteroatoms. The zero-order valence-electron chi connectivity index (χ0n) is 15.3. The van der Waals surface area contributed by atoms with E-state index in [0.717, 1.165) is 66.7 Å². The number of hydrogen-bond acceptors (Lipinski definition) is 6. The van der Waals surface area contributed by atoms with Crippen LogP contribution in [0.5, 0.6) is 0 Å². The molecule has 3 aromatic heterocycles. The highest BCUT2D eigenvalue weighted by Crippen LogP contribution is 2.29. The summed E-state index contributed by atoms with van der Waals surface area (Å²) in [6.45, 7) is 3.53. The quantitative estimate of drug-likeness (QED) is 0.540. The van der Waals surface area contributed by atoms with Crippen molar-refractivity contribution in [3.05, 3.63) is 57.3 Å². The first-order chi connectivity index (χ1) is 13.7. The van der Waals surface area contributed by atoms with Gasteiger partial charge in [-0.15, -0.1) is 16.4 Å². The number of rotatable bonds is 5. The number of aromatic amines is 1. The van der Waals surface area contributed by atoms with Gasteiger partial charge >= 0.3 is 0 Å². The highest BCUT2D eigenvalue weighted by Gasteiger charge is 2.24. The van der Waals surface area contributed by atoms with Crippen molar-refractivity contribution < 1.29 is 0 Å². The Bertz CT molecular complexity index is 1060. The largest absolute Gasteiger partial charge is 0.342 e. The summed E-state index contributed by atoms with van der Waals surface area (Å²) < 4.78 is 1.90. The van der Waals surface area contributed by atoms with Gasteiger partial charge in [-0.3, -0.25) is 4.90 Å². The Morgan fingerprint density at radius 3 is 2.89 bits per heavy atom. The second-order valence-corrected chi connectivity index (χ2v) is 8.63. The fraction of sp³-hybridized carbons (Fsp3) is 0.368. The molecule has 0 bridgehead atoms. The molecule has 1 fully saturated rings. The molecule has 1 aliphatic heterocycles. The molecule has 1 aliphatic rings. The molecule has 0 atom stereocenters. The summed E-state index contributed by atoms with van der Waals surface area (Å²) in [4.78, 5) is 11.9. The van der Waals surface area contributed by atoms with Crippen molar-refractivity contribution in [3.63, 3.8) is 0 Å². The van der Waals surface area contributed by atoms with Gasteiger partial charge in [-0.25, -0.2) is 9.67 Å². The predicted molar refractivity (Wildman–Crippen MR) is 110 cm³/mol. The lowest BCUT2D eigenvalue weighted by molar-refractivity contribution is 0.195. The number of aromatic nitrogens is 6. The van der Waals surface area contributed by atoms with Crippen LogP contribution in [0.25, 0.3) is 11.0 Å². The molecule has 28 heavy (non-hydrogen) atoms. The summed E-state index contributed by atoms with van der Waals surface area (Å²) in [7, 11) is 0. The number of imidazole rings is 1.